The summed E-state index contributed by atoms with van der Waals surface area (Å²) in [6, 6.07) is 3.74. The first-order chi connectivity index (χ1) is 15.1. The summed E-state index contributed by atoms with van der Waals surface area (Å²) in [4.78, 5) is 34.1. The molecule has 0 saturated carbocycles. The minimum Gasteiger partial charge on any atom is -0.481 e. The molecule has 0 amide bonds. The van der Waals surface area contributed by atoms with Crippen LogP contribution in [0.5, 0.6) is 0 Å². The molecule has 0 aliphatic carbocycles. The van der Waals surface area contributed by atoms with Crippen molar-refractivity contribution >= 4 is 17.9 Å². The quantitative estimate of drug-likeness (QED) is 0.715. The van der Waals surface area contributed by atoms with E-state index in [1.54, 1.807) is 31.0 Å². The van der Waals surface area contributed by atoms with Crippen LogP contribution >= 0.6 is 0 Å². The molecule has 4 heterocycles. The Balaban J connectivity index is 0.000000360. The maximum absolute atomic E-state index is 12.2. The Morgan fingerprint density at radius 1 is 1.22 bits per heavy atom. The lowest BCUT2D eigenvalue weighted by atomic mass is 9.75. The summed E-state index contributed by atoms with van der Waals surface area (Å²) in [7, 11) is 0. The molecule has 2 aromatic heterocycles. The number of nitrogens with zero attached hydrogens (tertiary/aromatic N) is 4. The van der Waals surface area contributed by atoms with E-state index in [9.17, 15) is 23.1 Å². The van der Waals surface area contributed by atoms with Crippen LogP contribution in [0.25, 0.3) is 0 Å². The van der Waals surface area contributed by atoms with Crippen molar-refractivity contribution in [2.45, 2.75) is 25.6 Å². The summed E-state index contributed by atoms with van der Waals surface area (Å²) in [5.41, 5.74) is 0.411. The standard InChI is InChI=1S/C18H22N4O3.C2HF3O2/c23-16(24)18-4-1-7-21(9-14-3-8-25-12-14)10-15(18)11-22(13-18)17-19-5-2-6-20-17;3-2(4,5)1(6)7/h2-3,5-6,8,12,15H,1,4,7,9-11,13H2,(H,23,24);(H,6,7)/t15-,18-;/m0./s1. The Hall–Kier alpha value is -3.15. The van der Waals surface area contributed by atoms with E-state index in [0.717, 1.165) is 31.6 Å². The number of alkyl halides is 3. The molecule has 0 radical (unpaired) electrons. The van der Waals surface area contributed by atoms with Crippen molar-refractivity contribution in [3.63, 3.8) is 0 Å². The molecule has 32 heavy (non-hydrogen) atoms. The summed E-state index contributed by atoms with van der Waals surface area (Å²) in [5, 5.41) is 17.2. The lowest BCUT2D eigenvalue weighted by Gasteiger charge is -2.29. The topological polar surface area (TPSA) is 120 Å². The van der Waals surface area contributed by atoms with Gasteiger partial charge >= 0.3 is 18.1 Å². The van der Waals surface area contributed by atoms with E-state index in [2.05, 4.69) is 14.9 Å². The first-order valence-corrected chi connectivity index (χ1v) is 9.91. The summed E-state index contributed by atoms with van der Waals surface area (Å²) < 4.78 is 36.9. The van der Waals surface area contributed by atoms with E-state index in [4.69, 9.17) is 14.3 Å². The highest BCUT2D eigenvalue weighted by molar-refractivity contribution is 5.77. The minimum atomic E-state index is -5.08. The number of fused-ring (bicyclic) bond motifs is 1. The number of rotatable bonds is 4. The Morgan fingerprint density at radius 3 is 2.47 bits per heavy atom. The van der Waals surface area contributed by atoms with Crippen molar-refractivity contribution in [1.29, 1.82) is 0 Å². The molecule has 2 fully saturated rings. The number of likely N-dealkylation sites (tertiary alicyclic amines) is 1. The molecule has 0 aromatic carbocycles. The first-order valence-electron chi connectivity index (χ1n) is 9.91. The maximum Gasteiger partial charge on any atom is 0.490 e. The first kappa shape index (κ1) is 23.5. The van der Waals surface area contributed by atoms with Gasteiger partial charge in [-0.1, -0.05) is 0 Å². The molecular weight excluding hydrogens is 433 g/mol. The van der Waals surface area contributed by atoms with Crippen LogP contribution in [0.1, 0.15) is 18.4 Å². The fourth-order valence-electron chi connectivity index (χ4n) is 4.25. The molecule has 2 N–H and O–H groups in total. The van der Waals surface area contributed by atoms with Gasteiger partial charge in [-0.3, -0.25) is 9.69 Å². The Morgan fingerprint density at radius 2 is 1.91 bits per heavy atom. The average molecular weight is 456 g/mol. The van der Waals surface area contributed by atoms with Crippen LogP contribution in [0.4, 0.5) is 19.1 Å². The summed E-state index contributed by atoms with van der Waals surface area (Å²) >= 11 is 0. The third-order valence-electron chi connectivity index (χ3n) is 5.76. The van der Waals surface area contributed by atoms with Gasteiger partial charge < -0.3 is 19.5 Å². The molecule has 2 saturated heterocycles. The molecule has 2 aliphatic heterocycles. The fraction of sp³-hybridized carbons (Fsp3) is 0.500. The number of anilines is 1. The van der Waals surface area contributed by atoms with Gasteiger partial charge in [0.1, 0.15) is 0 Å². The van der Waals surface area contributed by atoms with E-state index in [1.807, 2.05) is 11.0 Å². The van der Waals surface area contributed by atoms with Crippen molar-refractivity contribution in [1.82, 2.24) is 14.9 Å². The number of aromatic nitrogens is 2. The van der Waals surface area contributed by atoms with Crippen LogP contribution in [0.3, 0.4) is 0 Å². The number of carbonyl (C=O) groups is 2. The predicted molar refractivity (Wildman–Crippen MR) is 105 cm³/mol. The lowest BCUT2D eigenvalue weighted by Crippen LogP contribution is -2.41. The second-order valence-electron chi connectivity index (χ2n) is 7.86. The van der Waals surface area contributed by atoms with Gasteiger partial charge in [-0.2, -0.15) is 13.2 Å². The Kier molecular flexibility index (Phi) is 7.02. The number of furan rings is 1. The van der Waals surface area contributed by atoms with Crippen molar-refractivity contribution in [2.24, 2.45) is 11.3 Å². The van der Waals surface area contributed by atoms with Crippen LogP contribution in [0, 0.1) is 11.3 Å². The smallest absolute Gasteiger partial charge is 0.481 e. The van der Waals surface area contributed by atoms with Gasteiger partial charge in [0.15, 0.2) is 0 Å². The second kappa shape index (κ2) is 9.55. The summed E-state index contributed by atoms with van der Waals surface area (Å²) in [5.74, 6) is -2.77. The van der Waals surface area contributed by atoms with Gasteiger partial charge in [0.25, 0.3) is 0 Å². The third-order valence-corrected chi connectivity index (χ3v) is 5.76. The molecule has 0 bridgehead atoms. The number of carboxylic acid groups (broad SMARTS) is 2. The van der Waals surface area contributed by atoms with Crippen LogP contribution in [-0.2, 0) is 16.1 Å². The fourth-order valence-corrected chi connectivity index (χ4v) is 4.25. The van der Waals surface area contributed by atoms with Gasteiger partial charge in [-0.15, -0.1) is 0 Å². The van der Waals surface area contributed by atoms with E-state index in [-0.39, 0.29) is 5.92 Å². The highest BCUT2D eigenvalue weighted by Gasteiger charge is 2.53. The summed E-state index contributed by atoms with van der Waals surface area (Å²) in [6.45, 7) is 3.64. The van der Waals surface area contributed by atoms with Crippen molar-refractivity contribution < 1.29 is 37.4 Å². The number of hydrogen-bond acceptors (Lipinski definition) is 7. The van der Waals surface area contributed by atoms with E-state index in [1.165, 1.54) is 0 Å². The summed E-state index contributed by atoms with van der Waals surface area (Å²) in [6.07, 6.45) is 3.33. The zero-order valence-electron chi connectivity index (χ0n) is 17.0. The van der Waals surface area contributed by atoms with Crippen LogP contribution in [-0.4, -0.2) is 69.4 Å². The Bertz CT molecular complexity index is 910. The molecular formula is C20H23F3N4O5. The zero-order valence-corrected chi connectivity index (χ0v) is 17.0. The van der Waals surface area contributed by atoms with Crippen LogP contribution in [0.2, 0.25) is 0 Å². The van der Waals surface area contributed by atoms with Crippen LogP contribution < -0.4 is 4.90 Å². The third kappa shape index (κ3) is 5.36. The normalized spacial score (nSPS) is 23.6. The zero-order chi connectivity index (χ0) is 23.4. The molecule has 0 spiro atoms. The second-order valence-corrected chi connectivity index (χ2v) is 7.86. The number of halogens is 3. The molecule has 9 nitrogen and oxygen atoms in total. The minimum absolute atomic E-state index is 0.0585. The average Bonchev–Trinajstić information content (AvgIpc) is 3.34. The van der Waals surface area contributed by atoms with E-state index < -0.39 is 23.5 Å². The monoisotopic (exact) mass is 456 g/mol. The van der Waals surface area contributed by atoms with Crippen molar-refractivity contribution in [3.8, 4) is 0 Å². The highest BCUT2D eigenvalue weighted by atomic mass is 19.4. The predicted octanol–water partition coefficient (Wildman–Crippen LogP) is 2.51. The number of aliphatic carboxylic acids is 2. The molecule has 174 valence electrons. The highest BCUT2D eigenvalue weighted by Crippen LogP contribution is 2.43. The van der Waals surface area contributed by atoms with E-state index >= 15 is 0 Å². The van der Waals surface area contributed by atoms with Gasteiger partial charge in [0.05, 0.1) is 17.9 Å². The maximum atomic E-state index is 12.2. The number of carboxylic acids is 2. The molecule has 2 aromatic rings. The van der Waals surface area contributed by atoms with Crippen LogP contribution in [0.15, 0.2) is 41.5 Å². The molecule has 12 heteroatoms. The molecule has 4 rings (SSSR count). The SMILES string of the molecule is O=C(O)C(F)(F)F.O=C(O)[C@]12CCCN(Cc3ccoc3)C[C@H]1CN(c1ncccn1)C2. The van der Waals surface area contributed by atoms with E-state index in [0.29, 0.717) is 25.5 Å². The Labute approximate surface area is 181 Å². The van der Waals surface area contributed by atoms with Crippen molar-refractivity contribution in [3.05, 3.63) is 42.6 Å². The van der Waals surface area contributed by atoms with Gasteiger partial charge in [-0.25, -0.2) is 14.8 Å². The molecule has 0 unspecified atom stereocenters. The van der Waals surface area contributed by atoms with Crippen molar-refractivity contribution in [2.75, 3.05) is 31.1 Å². The largest absolute Gasteiger partial charge is 0.490 e. The molecule has 2 atom stereocenters. The van der Waals surface area contributed by atoms with Gasteiger partial charge in [0, 0.05) is 50.1 Å². The number of hydrogen-bond donors (Lipinski definition) is 2. The molecule has 2 aliphatic rings. The lowest BCUT2D eigenvalue weighted by molar-refractivity contribution is -0.192. The van der Waals surface area contributed by atoms with Gasteiger partial charge in [-0.05, 0) is 31.5 Å². The van der Waals surface area contributed by atoms with Gasteiger partial charge in [0.2, 0.25) is 5.95 Å².